The molecule has 0 atom stereocenters. The second-order valence-corrected chi connectivity index (χ2v) is 12.6. The summed E-state index contributed by atoms with van der Waals surface area (Å²) in [5.74, 6) is 2.99. The van der Waals surface area contributed by atoms with Crippen molar-refractivity contribution in [1.82, 2.24) is 23.9 Å². The molecule has 0 fully saturated rings. The second kappa shape index (κ2) is 10.1. The molecule has 212 valence electrons. The summed E-state index contributed by atoms with van der Waals surface area (Å²) >= 11 is 0. The normalized spacial score (nSPS) is 12.3. The molecule has 0 aliphatic carbocycles. The summed E-state index contributed by atoms with van der Waals surface area (Å²) in [7, 11) is 0. The fraction of sp³-hybridized carbons (Fsp3) is 0.229. The molecule has 6 nitrogen and oxygen atoms in total. The van der Waals surface area contributed by atoms with Crippen LogP contribution in [0, 0.1) is 12.1 Å². The number of fused-ring (bicyclic) bond motifs is 6. The summed E-state index contributed by atoms with van der Waals surface area (Å²) in [5.41, 5.74) is 4.74. The number of para-hydroxylation sites is 1. The first-order valence-corrected chi connectivity index (χ1v) is 13.9. The minimum atomic E-state index is -0.133. The number of rotatable bonds is 3. The number of ether oxygens (including phenoxy) is 1. The van der Waals surface area contributed by atoms with Crippen molar-refractivity contribution in [1.29, 1.82) is 0 Å². The molecule has 42 heavy (non-hydrogen) atoms. The summed E-state index contributed by atoms with van der Waals surface area (Å²) in [6.45, 7) is 13.1. The van der Waals surface area contributed by atoms with Crippen molar-refractivity contribution in [3.8, 4) is 17.3 Å². The van der Waals surface area contributed by atoms with Crippen LogP contribution in [0.1, 0.15) is 52.9 Å². The Morgan fingerprint density at radius 2 is 1.52 bits per heavy atom. The quantitative estimate of drug-likeness (QED) is 0.172. The van der Waals surface area contributed by atoms with E-state index in [-0.39, 0.29) is 31.9 Å². The maximum Gasteiger partial charge on any atom is 2.00 e. The van der Waals surface area contributed by atoms with Crippen LogP contribution in [0.3, 0.4) is 0 Å². The molecule has 7 heteroatoms. The maximum absolute atomic E-state index is 6.37. The molecule has 0 amide bonds. The summed E-state index contributed by atoms with van der Waals surface area (Å²) in [6.07, 6.45) is 5.64. The van der Waals surface area contributed by atoms with E-state index in [0.717, 1.165) is 50.0 Å². The molecule has 4 heterocycles. The molecular weight excluding hydrogens is 701 g/mol. The van der Waals surface area contributed by atoms with Gasteiger partial charge in [0, 0.05) is 41.0 Å². The average molecular weight is 733 g/mol. The maximum atomic E-state index is 6.37. The molecule has 0 spiro atoms. The Morgan fingerprint density at radius 1 is 0.762 bits per heavy atom. The van der Waals surface area contributed by atoms with Gasteiger partial charge in [-0.2, -0.15) is 6.07 Å². The molecule has 7 rings (SSSR count). The summed E-state index contributed by atoms with van der Waals surface area (Å²) in [4.78, 5) is 14.3. The van der Waals surface area contributed by atoms with Crippen LogP contribution in [-0.2, 0) is 31.9 Å². The first-order chi connectivity index (χ1) is 19.6. The zero-order chi connectivity index (χ0) is 28.5. The Labute approximate surface area is 259 Å². The van der Waals surface area contributed by atoms with Gasteiger partial charge in [0.15, 0.2) is 0 Å². The molecule has 0 radical (unpaired) electrons. The molecule has 0 aliphatic heterocycles. The Kier molecular flexibility index (Phi) is 6.73. The van der Waals surface area contributed by atoms with Crippen LogP contribution in [0.15, 0.2) is 79.3 Å². The van der Waals surface area contributed by atoms with E-state index in [1.165, 1.54) is 5.56 Å². The van der Waals surface area contributed by atoms with Gasteiger partial charge in [0.25, 0.3) is 0 Å². The molecule has 4 aromatic heterocycles. The van der Waals surface area contributed by atoms with Crippen LogP contribution in [0.25, 0.3) is 44.2 Å². The van der Waals surface area contributed by atoms with Gasteiger partial charge in [-0.15, -0.1) is 23.6 Å². The van der Waals surface area contributed by atoms with Crippen LogP contribution in [0.5, 0.6) is 11.5 Å². The predicted molar refractivity (Wildman–Crippen MR) is 164 cm³/mol. The van der Waals surface area contributed by atoms with Crippen molar-refractivity contribution in [2.45, 2.75) is 52.4 Å². The van der Waals surface area contributed by atoms with E-state index in [4.69, 9.17) is 14.7 Å². The minimum absolute atomic E-state index is 0. The molecular formula is C35H31N5OPt. The van der Waals surface area contributed by atoms with Crippen molar-refractivity contribution in [2.75, 3.05) is 0 Å². The number of imidazole rings is 1. The monoisotopic (exact) mass is 732 g/mol. The van der Waals surface area contributed by atoms with Crippen molar-refractivity contribution < 1.29 is 25.8 Å². The largest absolute Gasteiger partial charge is 2.00 e. The van der Waals surface area contributed by atoms with Gasteiger partial charge in [0.1, 0.15) is 11.6 Å². The summed E-state index contributed by atoms with van der Waals surface area (Å²) in [5, 5.41) is 3.06. The fourth-order valence-corrected chi connectivity index (χ4v) is 5.44. The first kappa shape index (κ1) is 28.1. The van der Waals surface area contributed by atoms with E-state index in [9.17, 15) is 0 Å². The second-order valence-electron chi connectivity index (χ2n) is 12.6. The first-order valence-electron chi connectivity index (χ1n) is 13.9. The number of hydrogen-bond acceptors (Lipinski definition) is 4. The number of aromatic nitrogens is 5. The zero-order valence-electron chi connectivity index (χ0n) is 24.5. The van der Waals surface area contributed by atoms with Crippen LogP contribution >= 0.6 is 0 Å². The predicted octanol–water partition coefficient (Wildman–Crippen LogP) is 8.36. The topological polar surface area (TPSA) is 57.2 Å². The van der Waals surface area contributed by atoms with Gasteiger partial charge in [-0.3, -0.25) is 9.97 Å². The number of hydrogen-bond donors (Lipinski definition) is 0. The summed E-state index contributed by atoms with van der Waals surface area (Å²) in [6, 6.07) is 27.5. The molecule has 0 saturated carbocycles. The number of nitrogens with zero attached hydrogens (tertiary/aromatic N) is 5. The van der Waals surface area contributed by atoms with Gasteiger partial charge in [-0.25, -0.2) is 4.98 Å². The Balaban J connectivity index is 0.00000316. The molecule has 7 aromatic rings. The van der Waals surface area contributed by atoms with Crippen LogP contribution < -0.4 is 4.74 Å². The van der Waals surface area contributed by atoms with Crippen molar-refractivity contribution in [3.63, 3.8) is 0 Å². The van der Waals surface area contributed by atoms with E-state index < -0.39 is 0 Å². The van der Waals surface area contributed by atoms with Gasteiger partial charge in [-0.05, 0) is 40.1 Å². The Bertz CT molecular complexity index is 2110. The van der Waals surface area contributed by atoms with Crippen LogP contribution in [-0.4, -0.2) is 23.9 Å². The molecule has 3 aromatic carbocycles. The van der Waals surface area contributed by atoms with Crippen LogP contribution in [0.4, 0.5) is 0 Å². The smallest absolute Gasteiger partial charge is 0.503 e. The molecule has 0 aliphatic rings. The SMILES string of the molecule is CC(C)(C)c1ccnc(-n2c3[c-]c(Oc4[c-]c5c(cc4)nc(C(C)(C)C)n4ccnc54)ccc3c3ccccc32)c1.[Pt+2]. The van der Waals surface area contributed by atoms with Crippen LogP contribution in [0.2, 0.25) is 0 Å². The standard InChI is InChI=1S/C35H31N5O.Pt/c1-34(2,3)22-15-16-36-31(19-22)40-29-10-8-7-9-25(29)26-13-11-24(21-30(26)40)41-23-12-14-28-27(20-23)32-37-17-18-39(32)33(38-28)35(4,5)6;/h7-19H,1-6H3;/q-2;+2. The molecule has 0 bridgehead atoms. The van der Waals surface area contributed by atoms with Crippen molar-refractivity contribution in [3.05, 3.63) is 103 Å². The molecule has 0 N–H and O–H groups in total. The van der Waals surface area contributed by atoms with Gasteiger partial charge in [0.2, 0.25) is 0 Å². The van der Waals surface area contributed by atoms with Gasteiger partial charge < -0.3 is 13.7 Å². The molecule has 0 unspecified atom stereocenters. The Morgan fingerprint density at radius 3 is 2.31 bits per heavy atom. The average Bonchev–Trinajstić information content (AvgIpc) is 3.55. The number of pyridine rings is 1. The molecule has 0 saturated heterocycles. The van der Waals surface area contributed by atoms with E-state index in [2.05, 4.69) is 106 Å². The zero-order valence-corrected chi connectivity index (χ0v) is 26.7. The van der Waals surface area contributed by atoms with Crippen molar-refractivity contribution in [2.24, 2.45) is 0 Å². The van der Waals surface area contributed by atoms with E-state index in [0.29, 0.717) is 11.5 Å². The number of benzene rings is 3. The van der Waals surface area contributed by atoms with E-state index >= 15 is 0 Å². The third kappa shape index (κ3) is 4.68. The fourth-order valence-electron chi connectivity index (χ4n) is 5.44. The van der Waals surface area contributed by atoms with Gasteiger partial charge in [0.05, 0.1) is 5.65 Å². The van der Waals surface area contributed by atoms with Gasteiger partial charge >= 0.3 is 21.1 Å². The van der Waals surface area contributed by atoms with E-state index in [1.54, 1.807) is 6.20 Å². The third-order valence-electron chi connectivity index (χ3n) is 7.50. The summed E-state index contributed by atoms with van der Waals surface area (Å²) < 4.78 is 10.6. The third-order valence-corrected chi connectivity index (χ3v) is 7.50. The van der Waals surface area contributed by atoms with Gasteiger partial charge in [-0.1, -0.05) is 82.8 Å². The Hall–Kier alpha value is -4.02. The van der Waals surface area contributed by atoms with Crippen molar-refractivity contribution >= 4 is 38.4 Å². The minimum Gasteiger partial charge on any atom is -0.503 e. The van der Waals surface area contributed by atoms with E-state index in [1.807, 2.05) is 35.0 Å².